The summed E-state index contributed by atoms with van der Waals surface area (Å²) in [6.07, 6.45) is 4.81. The van der Waals surface area contributed by atoms with Gasteiger partial charge in [0.2, 0.25) is 0 Å². The summed E-state index contributed by atoms with van der Waals surface area (Å²) in [6.45, 7) is 7.55. The average Bonchev–Trinajstić information content (AvgIpc) is 2.36. The second-order valence-corrected chi connectivity index (χ2v) is 6.68. The summed E-state index contributed by atoms with van der Waals surface area (Å²) < 4.78 is 5.82. The molecule has 2 rings (SSSR count). The van der Waals surface area contributed by atoms with Crippen LogP contribution >= 0.6 is 11.6 Å². The third-order valence-electron chi connectivity index (χ3n) is 3.94. The van der Waals surface area contributed by atoms with E-state index in [2.05, 4.69) is 26.1 Å². The van der Waals surface area contributed by atoms with Crippen molar-refractivity contribution in [3.63, 3.8) is 0 Å². The fourth-order valence-electron chi connectivity index (χ4n) is 3.24. The topological polar surface area (TPSA) is 21.3 Å². The molecule has 0 aliphatic heterocycles. The second-order valence-electron chi connectivity index (χ2n) is 6.25. The lowest BCUT2D eigenvalue weighted by Crippen LogP contribution is -2.30. The predicted octanol–water partition coefficient (Wildman–Crippen LogP) is 5.37. The highest BCUT2D eigenvalue weighted by Crippen LogP contribution is 2.34. The zero-order valence-corrected chi connectivity index (χ0v) is 13.5. The number of ether oxygens (including phenoxy) is 1. The number of halogens is 1. The highest BCUT2D eigenvalue weighted by atomic mass is 35.5. The fourth-order valence-corrected chi connectivity index (χ4v) is 3.41. The summed E-state index contributed by atoms with van der Waals surface area (Å²) in [6, 6.07) is 6.37. The Morgan fingerprint density at radius 3 is 2.55 bits per heavy atom. The molecule has 0 aromatic heterocycles. The molecular formula is C17H26ClNO. The van der Waals surface area contributed by atoms with E-state index in [-0.39, 0.29) is 0 Å². The van der Waals surface area contributed by atoms with Crippen LogP contribution in [0.15, 0.2) is 18.2 Å². The van der Waals surface area contributed by atoms with E-state index < -0.39 is 0 Å². The lowest BCUT2D eigenvalue weighted by Gasteiger charge is -2.33. The van der Waals surface area contributed by atoms with Gasteiger partial charge in [0.05, 0.1) is 12.3 Å². The van der Waals surface area contributed by atoms with Crippen LogP contribution in [0.2, 0.25) is 5.02 Å². The molecule has 1 aromatic rings. The van der Waals surface area contributed by atoms with Crippen LogP contribution in [0.25, 0.3) is 0 Å². The molecule has 1 N–H and O–H groups in total. The SMILES string of the molecule is CCCOc1ccc(Cl)cc1NC1CC(C)CC(C)C1. The first-order valence-electron chi connectivity index (χ1n) is 7.77. The van der Waals surface area contributed by atoms with Gasteiger partial charge in [0.25, 0.3) is 0 Å². The van der Waals surface area contributed by atoms with Crippen molar-refractivity contribution in [2.24, 2.45) is 11.8 Å². The Morgan fingerprint density at radius 1 is 1.20 bits per heavy atom. The molecule has 1 aromatic carbocycles. The van der Waals surface area contributed by atoms with Crippen molar-refractivity contribution < 1.29 is 4.74 Å². The third-order valence-corrected chi connectivity index (χ3v) is 4.18. The van der Waals surface area contributed by atoms with Gasteiger partial charge < -0.3 is 10.1 Å². The van der Waals surface area contributed by atoms with Crippen molar-refractivity contribution in [1.82, 2.24) is 0 Å². The van der Waals surface area contributed by atoms with Gasteiger partial charge in [0.15, 0.2) is 0 Å². The van der Waals surface area contributed by atoms with Crippen LogP contribution in [0.4, 0.5) is 5.69 Å². The van der Waals surface area contributed by atoms with Crippen LogP contribution < -0.4 is 10.1 Å². The molecule has 112 valence electrons. The van der Waals surface area contributed by atoms with Crippen molar-refractivity contribution in [3.8, 4) is 5.75 Å². The van der Waals surface area contributed by atoms with Crippen molar-refractivity contribution in [2.45, 2.75) is 52.5 Å². The average molecular weight is 296 g/mol. The van der Waals surface area contributed by atoms with Gasteiger partial charge in [-0.05, 0) is 55.7 Å². The van der Waals surface area contributed by atoms with Gasteiger partial charge in [-0.3, -0.25) is 0 Å². The predicted molar refractivity (Wildman–Crippen MR) is 86.8 cm³/mol. The van der Waals surface area contributed by atoms with Crippen molar-refractivity contribution >= 4 is 17.3 Å². The Hall–Kier alpha value is -0.890. The maximum Gasteiger partial charge on any atom is 0.142 e. The minimum atomic E-state index is 0.524. The number of nitrogens with one attached hydrogen (secondary N) is 1. The molecule has 0 bridgehead atoms. The van der Waals surface area contributed by atoms with Crippen molar-refractivity contribution in [2.75, 3.05) is 11.9 Å². The van der Waals surface area contributed by atoms with E-state index >= 15 is 0 Å². The number of anilines is 1. The first-order valence-corrected chi connectivity index (χ1v) is 8.15. The van der Waals surface area contributed by atoms with Crippen molar-refractivity contribution in [3.05, 3.63) is 23.2 Å². The van der Waals surface area contributed by atoms with Crippen LogP contribution in [0.5, 0.6) is 5.75 Å². The molecule has 2 atom stereocenters. The standard InChI is InChI=1S/C17H26ClNO/c1-4-7-20-17-6-5-14(18)11-16(17)19-15-9-12(2)8-13(3)10-15/h5-6,11-13,15,19H,4,7-10H2,1-3H3. The summed E-state index contributed by atoms with van der Waals surface area (Å²) >= 11 is 6.13. The molecule has 0 spiro atoms. The molecule has 1 aliphatic rings. The van der Waals surface area contributed by atoms with Gasteiger partial charge >= 0.3 is 0 Å². The van der Waals surface area contributed by atoms with Gasteiger partial charge in [-0.1, -0.05) is 32.4 Å². The van der Waals surface area contributed by atoms with E-state index in [4.69, 9.17) is 16.3 Å². The molecule has 1 aliphatic carbocycles. The highest BCUT2D eigenvalue weighted by Gasteiger charge is 2.24. The molecule has 0 saturated heterocycles. The van der Waals surface area contributed by atoms with Gasteiger partial charge in [0.1, 0.15) is 5.75 Å². The zero-order valence-electron chi connectivity index (χ0n) is 12.8. The lowest BCUT2D eigenvalue weighted by atomic mass is 9.80. The van der Waals surface area contributed by atoms with E-state index in [1.54, 1.807) is 0 Å². The van der Waals surface area contributed by atoms with Crippen LogP contribution in [-0.4, -0.2) is 12.6 Å². The third kappa shape index (κ3) is 4.31. The monoisotopic (exact) mass is 295 g/mol. The van der Waals surface area contributed by atoms with Crippen LogP contribution in [0, 0.1) is 11.8 Å². The molecular weight excluding hydrogens is 270 g/mol. The minimum absolute atomic E-state index is 0.524. The Balaban J connectivity index is 2.08. The normalized spacial score (nSPS) is 26.3. The summed E-state index contributed by atoms with van der Waals surface area (Å²) in [7, 11) is 0. The molecule has 2 nitrogen and oxygen atoms in total. The zero-order chi connectivity index (χ0) is 14.5. The number of benzene rings is 1. The summed E-state index contributed by atoms with van der Waals surface area (Å²) in [5, 5.41) is 4.41. The Kier molecular flexibility index (Phi) is 5.59. The van der Waals surface area contributed by atoms with Crippen LogP contribution in [0.1, 0.15) is 46.5 Å². The Morgan fingerprint density at radius 2 is 1.90 bits per heavy atom. The van der Waals surface area contributed by atoms with Gasteiger partial charge in [0, 0.05) is 11.1 Å². The Bertz CT molecular complexity index is 425. The van der Waals surface area contributed by atoms with E-state index in [0.29, 0.717) is 6.04 Å². The minimum Gasteiger partial charge on any atom is -0.491 e. The molecule has 0 radical (unpaired) electrons. The Labute approximate surface area is 127 Å². The summed E-state index contributed by atoms with van der Waals surface area (Å²) in [4.78, 5) is 0. The number of rotatable bonds is 5. The lowest BCUT2D eigenvalue weighted by molar-refractivity contribution is 0.279. The number of hydrogen-bond donors (Lipinski definition) is 1. The molecule has 1 saturated carbocycles. The van der Waals surface area contributed by atoms with E-state index in [1.807, 2.05) is 18.2 Å². The molecule has 0 amide bonds. The molecule has 1 fully saturated rings. The molecule has 20 heavy (non-hydrogen) atoms. The summed E-state index contributed by atoms with van der Waals surface area (Å²) in [5.74, 6) is 2.49. The van der Waals surface area contributed by atoms with Gasteiger partial charge in [-0.2, -0.15) is 0 Å². The fraction of sp³-hybridized carbons (Fsp3) is 0.647. The van der Waals surface area contributed by atoms with Gasteiger partial charge in [-0.15, -0.1) is 0 Å². The van der Waals surface area contributed by atoms with Gasteiger partial charge in [-0.25, -0.2) is 0 Å². The second kappa shape index (κ2) is 7.21. The molecule has 3 heteroatoms. The maximum absolute atomic E-state index is 6.13. The molecule has 2 unspecified atom stereocenters. The van der Waals surface area contributed by atoms with E-state index in [0.717, 1.165) is 41.3 Å². The smallest absolute Gasteiger partial charge is 0.142 e. The first-order chi connectivity index (χ1) is 9.58. The first kappa shape index (κ1) is 15.5. The molecule has 0 heterocycles. The number of hydrogen-bond acceptors (Lipinski definition) is 2. The maximum atomic E-state index is 6.13. The van der Waals surface area contributed by atoms with Crippen LogP contribution in [0.3, 0.4) is 0 Å². The quantitative estimate of drug-likeness (QED) is 0.789. The van der Waals surface area contributed by atoms with Crippen molar-refractivity contribution in [1.29, 1.82) is 0 Å². The summed E-state index contributed by atoms with van der Waals surface area (Å²) in [5.41, 5.74) is 1.04. The van der Waals surface area contributed by atoms with Crippen LogP contribution in [-0.2, 0) is 0 Å². The highest BCUT2D eigenvalue weighted by molar-refractivity contribution is 6.30. The van der Waals surface area contributed by atoms with E-state index in [9.17, 15) is 0 Å². The van der Waals surface area contributed by atoms with E-state index in [1.165, 1.54) is 19.3 Å². The largest absolute Gasteiger partial charge is 0.491 e.